The van der Waals surface area contributed by atoms with Gasteiger partial charge in [0, 0.05) is 35.3 Å². The van der Waals surface area contributed by atoms with Gasteiger partial charge in [-0.15, -0.1) is 11.3 Å². The van der Waals surface area contributed by atoms with Crippen LogP contribution in [0.15, 0.2) is 36.5 Å². The van der Waals surface area contributed by atoms with Gasteiger partial charge < -0.3 is 20.6 Å². The van der Waals surface area contributed by atoms with Crippen molar-refractivity contribution in [1.82, 2.24) is 9.88 Å². The number of thiophene rings is 1. The Balaban J connectivity index is 1.61. The largest absolute Gasteiger partial charge is 0.506 e. The molecule has 6 nitrogen and oxygen atoms in total. The molecule has 4 rings (SSSR count). The normalized spacial score (nSPS) is 14.1. The Morgan fingerprint density at radius 1 is 1.23 bits per heavy atom. The maximum absolute atomic E-state index is 12.9. The zero-order valence-electron chi connectivity index (χ0n) is 16.8. The number of pyridine rings is 1. The first-order chi connectivity index (χ1) is 14.4. The van der Waals surface area contributed by atoms with Gasteiger partial charge in [-0.05, 0) is 56.1 Å². The van der Waals surface area contributed by atoms with Crippen LogP contribution in [0.5, 0.6) is 5.75 Å². The Labute approximate surface area is 184 Å². The number of fused-ring (bicyclic) bond motifs is 1. The third-order valence-electron chi connectivity index (χ3n) is 5.11. The van der Waals surface area contributed by atoms with Crippen LogP contribution in [-0.2, 0) is 12.8 Å². The number of aromatic hydroxyl groups is 1. The third-order valence-corrected chi connectivity index (χ3v) is 6.48. The Morgan fingerprint density at radius 3 is 2.80 bits per heavy atom. The molecule has 0 aliphatic carbocycles. The number of aromatic nitrogens is 1. The molecule has 2 aromatic heterocycles. The van der Waals surface area contributed by atoms with Crippen LogP contribution in [0.3, 0.4) is 0 Å². The molecule has 3 N–H and O–H groups in total. The zero-order chi connectivity index (χ0) is 21.3. The van der Waals surface area contributed by atoms with Crippen LogP contribution >= 0.6 is 22.9 Å². The number of carbonyl (C=O) groups excluding carboxylic acids is 1. The number of nitrogens with zero attached hydrogens (tertiary/aromatic N) is 2. The molecule has 156 valence electrons. The van der Waals surface area contributed by atoms with Crippen LogP contribution in [0.2, 0.25) is 5.02 Å². The Bertz CT molecular complexity index is 1060. The maximum Gasteiger partial charge on any atom is 0.259 e. The molecule has 1 aliphatic rings. The van der Waals surface area contributed by atoms with Gasteiger partial charge in [0.05, 0.1) is 16.3 Å². The number of aryl methyl sites for hydroxylation is 1. The van der Waals surface area contributed by atoms with Gasteiger partial charge in [0.25, 0.3) is 5.91 Å². The van der Waals surface area contributed by atoms with Crippen molar-refractivity contribution >= 4 is 45.4 Å². The number of hydrogen-bond donors (Lipinski definition) is 3. The van der Waals surface area contributed by atoms with E-state index >= 15 is 0 Å². The smallest absolute Gasteiger partial charge is 0.259 e. The second-order valence-electron chi connectivity index (χ2n) is 7.51. The Hall–Kier alpha value is -2.61. The molecule has 0 radical (unpaired) electrons. The first kappa shape index (κ1) is 20.7. The molecule has 0 bridgehead atoms. The van der Waals surface area contributed by atoms with Crippen molar-refractivity contribution in [3.8, 4) is 5.75 Å². The summed E-state index contributed by atoms with van der Waals surface area (Å²) in [7, 11) is 2.13. The first-order valence-corrected chi connectivity index (χ1v) is 10.9. The van der Waals surface area contributed by atoms with Crippen molar-refractivity contribution in [2.45, 2.75) is 19.8 Å². The van der Waals surface area contributed by atoms with E-state index in [2.05, 4.69) is 33.6 Å². The van der Waals surface area contributed by atoms with Crippen molar-refractivity contribution in [3.63, 3.8) is 0 Å². The quantitative estimate of drug-likeness (QED) is 0.504. The number of likely N-dealkylation sites (N-methyl/N-ethyl adjacent to an activating group) is 1. The number of benzene rings is 1. The molecule has 1 amide bonds. The summed E-state index contributed by atoms with van der Waals surface area (Å²) in [5.74, 6) is -0.0396. The van der Waals surface area contributed by atoms with E-state index in [1.165, 1.54) is 16.5 Å². The van der Waals surface area contributed by atoms with Gasteiger partial charge in [-0.1, -0.05) is 17.7 Å². The minimum absolute atomic E-state index is 0.0761. The second-order valence-corrected chi connectivity index (χ2v) is 9.08. The van der Waals surface area contributed by atoms with E-state index in [9.17, 15) is 9.90 Å². The third kappa shape index (κ3) is 4.59. The van der Waals surface area contributed by atoms with E-state index in [1.807, 2.05) is 13.0 Å². The zero-order valence-corrected chi connectivity index (χ0v) is 18.4. The number of carbonyl (C=O) groups is 1. The average molecular weight is 443 g/mol. The van der Waals surface area contributed by atoms with Crippen LogP contribution in [0.4, 0.5) is 16.5 Å². The summed E-state index contributed by atoms with van der Waals surface area (Å²) in [5.41, 5.74) is 2.90. The molecule has 0 atom stereocenters. The molecule has 3 aromatic rings. The monoisotopic (exact) mass is 442 g/mol. The molecule has 1 aliphatic heterocycles. The highest BCUT2D eigenvalue weighted by molar-refractivity contribution is 7.16. The Kier molecular flexibility index (Phi) is 5.94. The molecule has 0 spiro atoms. The van der Waals surface area contributed by atoms with Crippen molar-refractivity contribution in [2.75, 3.05) is 30.8 Å². The van der Waals surface area contributed by atoms with Gasteiger partial charge in [-0.2, -0.15) is 0 Å². The van der Waals surface area contributed by atoms with Crippen molar-refractivity contribution < 1.29 is 9.90 Å². The van der Waals surface area contributed by atoms with Crippen LogP contribution < -0.4 is 10.6 Å². The fourth-order valence-electron chi connectivity index (χ4n) is 3.42. The summed E-state index contributed by atoms with van der Waals surface area (Å²) in [6.45, 7) is 3.97. The fourth-order valence-corrected chi connectivity index (χ4v) is 4.74. The van der Waals surface area contributed by atoms with Gasteiger partial charge in [0.15, 0.2) is 0 Å². The molecule has 8 heteroatoms. The molecular formula is C22H23ClN4O2S. The summed E-state index contributed by atoms with van der Waals surface area (Å²) < 4.78 is 0. The molecule has 0 fully saturated rings. The summed E-state index contributed by atoms with van der Waals surface area (Å²) in [6, 6.07) is 8.68. The summed E-state index contributed by atoms with van der Waals surface area (Å²) in [6.07, 6.45) is 3.67. The van der Waals surface area contributed by atoms with E-state index in [-0.39, 0.29) is 16.3 Å². The molecule has 30 heavy (non-hydrogen) atoms. The summed E-state index contributed by atoms with van der Waals surface area (Å²) in [4.78, 5) is 20.8. The standard InChI is InChI=1S/C22H23ClN4O2S/c1-13-3-4-19(24-12-13)25-22(29)16-10-15(23)11-17(28)21(16)26-20-9-14-5-7-27(2)8-6-18(14)30-20/h3-4,9-12,26,28H,5-8H2,1-2H3,(H,24,25,29). The number of hydrogen-bond acceptors (Lipinski definition) is 6. The van der Waals surface area contributed by atoms with Crippen LogP contribution in [0.25, 0.3) is 0 Å². The highest BCUT2D eigenvalue weighted by atomic mass is 35.5. The lowest BCUT2D eigenvalue weighted by Gasteiger charge is -2.14. The van der Waals surface area contributed by atoms with Crippen LogP contribution in [-0.4, -0.2) is 41.0 Å². The van der Waals surface area contributed by atoms with E-state index in [0.29, 0.717) is 11.5 Å². The lowest BCUT2D eigenvalue weighted by Crippen LogP contribution is -2.20. The van der Waals surface area contributed by atoms with E-state index in [1.54, 1.807) is 29.7 Å². The van der Waals surface area contributed by atoms with Crippen molar-refractivity contribution in [3.05, 3.63) is 63.1 Å². The first-order valence-electron chi connectivity index (χ1n) is 9.72. The maximum atomic E-state index is 12.9. The Morgan fingerprint density at radius 2 is 2.03 bits per heavy atom. The van der Waals surface area contributed by atoms with Gasteiger partial charge in [-0.3, -0.25) is 4.79 Å². The van der Waals surface area contributed by atoms with E-state index in [4.69, 9.17) is 11.6 Å². The minimum atomic E-state index is -0.397. The molecule has 0 unspecified atom stereocenters. The molecule has 0 saturated carbocycles. The lowest BCUT2D eigenvalue weighted by atomic mass is 10.1. The van der Waals surface area contributed by atoms with Crippen LogP contribution in [0.1, 0.15) is 26.4 Å². The predicted octanol–water partition coefficient (Wildman–Crippen LogP) is 4.84. The fraction of sp³-hybridized carbons (Fsp3) is 0.273. The number of anilines is 3. The molecule has 0 saturated heterocycles. The van der Waals surface area contributed by atoms with Gasteiger partial charge >= 0.3 is 0 Å². The molecule has 3 heterocycles. The molecule has 1 aromatic carbocycles. The number of rotatable bonds is 4. The predicted molar refractivity (Wildman–Crippen MR) is 123 cm³/mol. The van der Waals surface area contributed by atoms with E-state index < -0.39 is 5.91 Å². The highest BCUT2D eigenvalue weighted by Crippen LogP contribution is 2.38. The van der Waals surface area contributed by atoms with E-state index in [0.717, 1.165) is 36.5 Å². The average Bonchev–Trinajstić information content (AvgIpc) is 3.01. The minimum Gasteiger partial charge on any atom is -0.506 e. The summed E-state index contributed by atoms with van der Waals surface area (Å²) in [5, 5.41) is 17.7. The highest BCUT2D eigenvalue weighted by Gasteiger charge is 2.20. The second kappa shape index (κ2) is 8.63. The number of phenols is 1. The van der Waals surface area contributed by atoms with Crippen molar-refractivity contribution in [2.24, 2.45) is 0 Å². The number of amides is 1. The summed E-state index contributed by atoms with van der Waals surface area (Å²) >= 11 is 7.78. The molecular weight excluding hydrogens is 420 g/mol. The topological polar surface area (TPSA) is 77.5 Å². The van der Waals surface area contributed by atoms with Crippen molar-refractivity contribution in [1.29, 1.82) is 0 Å². The lowest BCUT2D eigenvalue weighted by molar-refractivity contribution is 0.102. The van der Waals surface area contributed by atoms with Gasteiger partial charge in [0.2, 0.25) is 0 Å². The van der Waals surface area contributed by atoms with Gasteiger partial charge in [-0.25, -0.2) is 4.98 Å². The SMILES string of the molecule is Cc1ccc(NC(=O)c2cc(Cl)cc(O)c2Nc2cc3c(s2)CCN(C)CC3)nc1. The van der Waals surface area contributed by atoms with Crippen LogP contribution in [0, 0.1) is 6.92 Å². The van der Waals surface area contributed by atoms with Gasteiger partial charge in [0.1, 0.15) is 11.6 Å². The number of halogens is 1. The number of phenolic OH excluding ortho intramolecular Hbond substituents is 1. The number of nitrogens with one attached hydrogen (secondary N) is 2.